The average Bonchev–Trinajstić information content (AvgIpc) is 2.74. The van der Waals surface area contributed by atoms with Gasteiger partial charge in [-0.3, -0.25) is 14.5 Å². The van der Waals surface area contributed by atoms with Gasteiger partial charge in [-0.15, -0.1) is 11.8 Å². The van der Waals surface area contributed by atoms with Crippen LogP contribution in [-0.4, -0.2) is 60.4 Å². The van der Waals surface area contributed by atoms with Crippen LogP contribution in [0.1, 0.15) is 38.5 Å². The van der Waals surface area contributed by atoms with Crippen molar-refractivity contribution in [3.05, 3.63) is 24.3 Å². The number of para-hydroxylation sites is 1. The van der Waals surface area contributed by atoms with E-state index in [-0.39, 0.29) is 29.0 Å². The maximum absolute atomic E-state index is 12.7. The lowest BCUT2D eigenvalue weighted by Gasteiger charge is -2.48. The summed E-state index contributed by atoms with van der Waals surface area (Å²) in [5, 5.41) is 5.71. The molecule has 28 heavy (non-hydrogen) atoms. The van der Waals surface area contributed by atoms with Gasteiger partial charge in [0.05, 0.1) is 24.2 Å². The molecule has 2 fully saturated rings. The Morgan fingerprint density at radius 1 is 1.21 bits per heavy atom. The quantitative estimate of drug-likeness (QED) is 0.791. The van der Waals surface area contributed by atoms with E-state index in [4.69, 9.17) is 4.74 Å². The Labute approximate surface area is 170 Å². The fourth-order valence-corrected chi connectivity index (χ4v) is 5.69. The molecule has 0 aromatic heterocycles. The Balaban J connectivity index is 1.35. The molecule has 7 heteroatoms. The highest BCUT2D eigenvalue weighted by molar-refractivity contribution is 8.01. The number of morpholine rings is 1. The van der Waals surface area contributed by atoms with Crippen molar-refractivity contribution in [2.75, 3.05) is 38.2 Å². The van der Waals surface area contributed by atoms with Gasteiger partial charge in [0, 0.05) is 36.5 Å². The van der Waals surface area contributed by atoms with E-state index in [9.17, 15) is 9.59 Å². The van der Waals surface area contributed by atoms with E-state index in [1.54, 1.807) is 0 Å². The minimum atomic E-state index is -0.374. The molecule has 1 atom stereocenters. The number of ether oxygens (including phenoxy) is 1. The van der Waals surface area contributed by atoms with Crippen LogP contribution in [0.2, 0.25) is 0 Å². The summed E-state index contributed by atoms with van der Waals surface area (Å²) in [6.45, 7) is 4.09. The fraction of sp³-hybridized carbons (Fsp3) is 0.619. The molecule has 4 rings (SSSR count). The minimum absolute atomic E-state index is 0.0368. The third-order valence-corrected chi connectivity index (χ3v) is 7.43. The highest BCUT2D eigenvalue weighted by atomic mass is 32.2. The normalized spacial score (nSPS) is 24.9. The van der Waals surface area contributed by atoms with Crippen molar-refractivity contribution in [3.8, 4) is 0 Å². The molecule has 2 N–H and O–H groups in total. The number of hydrogen-bond acceptors (Lipinski definition) is 5. The Kier molecular flexibility index (Phi) is 6.23. The molecule has 1 aliphatic carbocycles. The number of benzene rings is 1. The maximum atomic E-state index is 12.7. The highest BCUT2D eigenvalue weighted by Gasteiger charge is 2.39. The summed E-state index contributed by atoms with van der Waals surface area (Å²) in [6.07, 6.45) is 6.16. The van der Waals surface area contributed by atoms with Crippen molar-refractivity contribution < 1.29 is 14.3 Å². The second-order valence-electron chi connectivity index (χ2n) is 7.96. The minimum Gasteiger partial charge on any atom is -0.379 e. The summed E-state index contributed by atoms with van der Waals surface area (Å²) in [6, 6.07) is 7.74. The van der Waals surface area contributed by atoms with Crippen LogP contribution >= 0.6 is 11.8 Å². The van der Waals surface area contributed by atoms with Crippen LogP contribution < -0.4 is 10.6 Å². The highest BCUT2D eigenvalue weighted by Crippen LogP contribution is 2.37. The molecule has 1 aromatic carbocycles. The molecule has 6 nitrogen and oxygen atoms in total. The van der Waals surface area contributed by atoms with Gasteiger partial charge in [-0.1, -0.05) is 31.4 Å². The number of hydrogen-bond donors (Lipinski definition) is 2. The number of thioether (sulfide) groups is 1. The predicted molar refractivity (Wildman–Crippen MR) is 111 cm³/mol. The van der Waals surface area contributed by atoms with E-state index < -0.39 is 0 Å². The largest absolute Gasteiger partial charge is 0.379 e. The van der Waals surface area contributed by atoms with E-state index in [1.165, 1.54) is 31.0 Å². The first kappa shape index (κ1) is 19.7. The molecule has 1 unspecified atom stereocenters. The fourth-order valence-electron chi connectivity index (χ4n) is 4.58. The molecule has 2 heterocycles. The molecule has 0 spiro atoms. The second-order valence-corrected chi connectivity index (χ2v) is 9.20. The Bertz CT molecular complexity index is 715. The molecule has 152 valence electrons. The van der Waals surface area contributed by atoms with Crippen molar-refractivity contribution in [1.29, 1.82) is 0 Å². The first-order valence-electron chi connectivity index (χ1n) is 10.3. The topological polar surface area (TPSA) is 70.7 Å². The van der Waals surface area contributed by atoms with Crippen molar-refractivity contribution in [2.24, 2.45) is 0 Å². The second kappa shape index (κ2) is 8.84. The maximum Gasteiger partial charge on any atom is 0.238 e. The molecular formula is C21H29N3O3S. The summed E-state index contributed by atoms with van der Waals surface area (Å²) >= 11 is 1.48. The summed E-state index contributed by atoms with van der Waals surface area (Å²) in [7, 11) is 0. The zero-order chi connectivity index (χ0) is 19.4. The Morgan fingerprint density at radius 3 is 2.75 bits per heavy atom. The number of carbonyl (C=O) groups is 2. The zero-order valence-electron chi connectivity index (χ0n) is 16.2. The van der Waals surface area contributed by atoms with Gasteiger partial charge in [-0.25, -0.2) is 0 Å². The van der Waals surface area contributed by atoms with Crippen LogP contribution in [0.5, 0.6) is 0 Å². The van der Waals surface area contributed by atoms with Crippen LogP contribution in [0.15, 0.2) is 29.2 Å². The summed E-state index contributed by atoms with van der Waals surface area (Å²) in [5.74, 6) is -0.121. The molecular weight excluding hydrogens is 374 g/mol. The predicted octanol–water partition coefficient (Wildman–Crippen LogP) is 2.64. The number of nitrogens with one attached hydrogen (secondary N) is 2. The van der Waals surface area contributed by atoms with Crippen molar-refractivity contribution in [1.82, 2.24) is 10.2 Å². The van der Waals surface area contributed by atoms with Gasteiger partial charge >= 0.3 is 0 Å². The number of amides is 2. The molecule has 2 amide bonds. The van der Waals surface area contributed by atoms with Gasteiger partial charge < -0.3 is 15.4 Å². The first-order valence-corrected chi connectivity index (χ1v) is 11.2. The molecule has 2 aliphatic heterocycles. The lowest BCUT2D eigenvalue weighted by Crippen LogP contribution is -2.59. The van der Waals surface area contributed by atoms with Crippen molar-refractivity contribution >= 4 is 29.3 Å². The van der Waals surface area contributed by atoms with E-state index in [2.05, 4.69) is 15.5 Å². The third-order valence-electron chi connectivity index (χ3n) is 6.16. The lowest BCUT2D eigenvalue weighted by atomic mass is 9.79. The molecule has 1 aromatic rings. The van der Waals surface area contributed by atoms with Gasteiger partial charge in [-0.05, 0) is 25.0 Å². The van der Waals surface area contributed by atoms with Crippen LogP contribution in [0.25, 0.3) is 0 Å². The lowest BCUT2D eigenvalue weighted by molar-refractivity contribution is -0.125. The third kappa shape index (κ3) is 4.36. The van der Waals surface area contributed by atoms with Crippen molar-refractivity contribution in [2.45, 2.75) is 54.2 Å². The number of carbonyl (C=O) groups excluding carboxylic acids is 2. The molecule has 3 aliphatic rings. The Hall–Kier alpha value is -1.57. The van der Waals surface area contributed by atoms with Crippen LogP contribution in [0.4, 0.5) is 5.69 Å². The smallest absolute Gasteiger partial charge is 0.238 e. The Morgan fingerprint density at radius 2 is 1.96 bits per heavy atom. The van der Waals surface area contributed by atoms with Crippen LogP contribution in [0, 0.1) is 0 Å². The molecule has 0 radical (unpaired) electrons. The van der Waals surface area contributed by atoms with Gasteiger partial charge in [0.2, 0.25) is 11.8 Å². The summed E-state index contributed by atoms with van der Waals surface area (Å²) < 4.78 is 5.53. The first-order chi connectivity index (χ1) is 13.7. The van der Waals surface area contributed by atoms with Crippen LogP contribution in [-0.2, 0) is 14.3 Å². The average molecular weight is 404 g/mol. The van der Waals surface area contributed by atoms with E-state index in [1.807, 2.05) is 24.3 Å². The number of fused-ring (bicyclic) bond motifs is 1. The van der Waals surface area contributed by atoms with Gasteiger partial charge in [0.25, 0.3) is 0 Å². The van der Waals surface area contributed by atoms with E-state index in [0.717, 1.165) is 49.7 Å². The van der Waals surface area contributed by atoms with Gasteiger partial charge in [0.1, 0.15) is 0 Å². The monoisotopic (exact) mass is 403 g/mol. The number of nitrogens with zero attached hydrogens (tertiary/aromatic N) is 1. The summed E-state index contributed by atoms with van der Waals surface area (Å²) in [4.78, 5) is 28.6. The number of rotatable bonds is 5. The zero-order valence-corrected chi connectivity index (χ0v) is 17.1. The van der Waals surface area contributed by atoms with Gasteiger partial charge in [0.15, 0.2) is 0 Å². The SMILES string of the molecule is O=C(CC1Sc2ccccc2NC1=O)NCC1(N2CCOCC2)CCCCC1. The molecule has 0 bridgehead atoms. The van der Waals surface area contributed by atoms with E-state index >= 15 is 0 Å². The standard InChI is InChI=1S/C21H29N3O3S/c25-19(14-18-20(26)23-16-6-2-3-7-17(16)28-18)22-15-21(8-4-1-5-9-21)24-10-12-27-13-11-24/h2-3,6-7,18H,1,4-5,8-15H2,(H,22,25)(H,23,26). The molecule has 1 saturated carbocycles. The van der Waals surface area contributed by atoms with Gasteiger partial charge in [-0.2, -0.15) is 0 Å². The van der Waals surface area contributed by atoms with Crippen molar-refractivity contribution in [3.63, 3.8) is 0 Å². The summed E-state index contributed by atoms with van der Waals surface area (Å²) in [5.41, 5.74) is 0.884. The molecule has 1 saturated heterocycles. The number of anilines is 1. The van der Waals surface area contributed by atoms with E-state index in [0.29, 0.717) is 6.54 Å². The van der Waals surface area contributed by atoms with Crippen LogP contribution in [0.3, 0.4) is 0 Å².